The lowest BCUT2D eigenvalue weighted by atomic mass is 10.1. The van der Waals surface area contributed by atoms with E-state index >= 15 is 0 Å². The Morgan fingerprint density at radius 3 is 2.48 bits per heavy atom. The predicted molar refractivity (Wildman–Crippen MR) is 115 cm³/mol. The van der Waals surface area contributed by atoms with E-state index in [4.69, 9.17) is 16.3 Å². The lowest BCUT2D eigenvalue weighted by Crippen LogP contribution is -2.40. The number of anilines is 2. The zero-order chi connectivity index (χ0) is 22.1. The van der Waals surface area contributed by atoms with Crippen molar-refractivity contribution in [2.45, 2.75) is 32.6 Å². The van der Waals surface area contributed by atoms with Gasteiger partial charge in [-0.05, 0) is 43.2 Å². The summed E-state index contributed by atoms with van der Waals surface area (Å²) < 4.78 is 5.49. The molecule has 2 saturated heterocycles. The number of piperidine rings is 1. The number of esters is 1. The molecular formula is C23H21ClN2O5. The van der Waals surface area contributed by atoms with E-state index in [9.17, 15) is 19.2 Å². The van der Waals surface area contributed by atoms with Gasteiger partial charge in [0.15, 0.2) is 0 Å². The summed E-state index contributed by atoms with van der Waals surface area (Å²) in [6, 6.07) is 11.6. The van der Waals surface area contributed by atoms with Crippen molar-refractivity contribution in [3.8, 4) is 5.75 Å². The third-order valence-corrected chi connectivity index (χ3v) is 5.97. The van der Waals surface area contributed by atoms with Crippen LogP contribution >= 0.6 is 11.6 Å². The molecule has 0 radical (unpaired) electrons. The van der Waals surface area contributed by atoms with Gasteiger partial charge >= 0.3 is 5.97 Å². The number of halogens is 1. The van der Waals surface area contributed by atoms with Crippen LogP contribution in [-0.2, 0) is 19.2 Å². The van der Waals surface area contributed by atoms with Gasteiger partial charge in [0.25, 0.3) is 0 Å². The predicted octanol–water partition coefficient (Wildman–Crippen LogP) is 3.65. The minimum absolute atomic E-state index is 0.0353. The Hall–Kier alpha value is -3.19. The van der Waals surface area contributed by atoms with E-state index in [1.165, 1.54) is 6.07 Å². The second kappa shape index (κ2) is 8.51. The maximum atomic E-state index is 12.7. The van der Waals surface area contributed by atoms with E-state index in [1.807, 2.05) is 6.92 Å². The summed E-state index contributed by atoms with van der Waals surface area (Å²) >= 11 is 6.16. The monoisotopic (exact) mass is 440 g/mol. The van der Waals surface area contributed by atoms with Crippen molar-refractivity contribution < 1.29 is 23.9 Å². The molecule has 7 nitrogen and oxygen atoms in total. The Morgan fingerprint density at radius 2 is 1.74 bits per heavy atom. The highest BCUT2D eigenvalue weighted by molar-refractivity contribution is 6.31. The van der Waals surface area contributed by atoms with Crippen molar-refractivity contribution >= 4 is 46.7 Å². The summed E-state index contributed by atoms with van der Waals surface area (Å²) in [5.41, 5.74) is 1.82. The minimum Gasteiger partial charge on any atom is -0.426 e. The average molecular weight is 441 g/mol. The van der Waals surface area contributed by atoms with Crippen LogP contribution in [0.25, 0.3) is 0 Å². The molecule has 4 rings (SSSR count). The number of amides is 3. The number of imide groups is 1. The van der Waals surface area contributed by atoms with Crippen LogP contribution in [0.5, 0.6) is 5.75 Å². The Labute approximate surface area is 184 Å². The highest BCUT2D eigenvalue weighted by Crippen LogP contribution is 2.32. The zero-order valence-corrected chi connectivity index (χ0v) is 17.7. The van der Waals surface area contributed by atoms with E-state index < -0.39 is 11.9 Å². The van der Waals surface area contributed by atoms with E-state index in [1.54, 1.807) is 41.3 Å². The molecule has 0 bridgehead atoms. The lowest BCUT2D eigenvalue weighted by molar-refractivity contribution is -0.139. The molecule has 0 N–H and O–H groups in total. The van der Waals surface area contributed by atoms with Crippen LogP contribution in [-0.4, -0.2) is 30.2 Å². The number of carbonyl (C=O) groups is 4. The van der Waals surface area contributed by atoms with Crippen molar-refractivity contribution in [1.29, 1.82) is 0 Å². The quantitative estimate of drug-likeness (QED) is 0.411. The molecule has 0 aromatic heterocycles. The molecule has 0 saturated carbocycles. The maximum absolute atomic E-state index is 12.7. The fourth-order valence-electron chi connectivity index (χ4n) is 3.91. The molecule has 2 heterocycles. The normalized spacial score (nSPS) is 19.2. The molecule has 2 aliphatic heterocycles. The van der Waals surface area contributed by atoms with Gasteiger partial charge in [-0.2, -0.15) is 0 Å². The zero-order valence-electron chi connectivity index (χ0n) is 17.0. The van der Waals surface area contributed by atoms with E-state index in [-0.39, 0.29) is 36.4 Å². The average Bonchev–Trinajstić information content (AvgIpc) is 3.12. The third-order valence-electron chi connectivity index (χ3n) is 5.56. The Bertz CT molecular complexity index is 1070. The van der Waals surface area contributed by atoms with Crippen LogP contribution in [0.4, 0.5) is 11.4 Å². The topological polar surface area (TPSA) is 84.0 Å². The van der Waals surface area contributed by atoms with E-state index in [0.717, 1.165) is 10.5 Å². The van der Waals surface area contributed by atoms with Crippen molar-refractivity contribution in [3.05, 3.63) is 53.1 Å². The molecule has 160 valence electrons. The molecule has 2 aromatic rings. The van der Waals surface area contributed by atoms with Crippen molar-refractivity contribution in [1.82, 2.24) is 0 Å². The highest BCUT2D eigenvalue weighted by atomic mass is 35.5. The fraction of sp³-hybridized carbons (Fsp3) is 0.304. The molecule has 2 aromatic carbocycles. The summed E-state index contributed by atoms with van der Waals surface area (Å²) in [4.78, 5) is 52.2. The summed E-state index contributed by atoms with van der Waals surface area (Å²) in [5.74, 6) is -1.66. The van der Waals surface area contributed by atoms with Gasteiger partial charge in [-0.3, -0.25) is 24.1 Å². The first-order chi connectivity index (χ1) is 14.8. The molecule has 0 spiro atoms. The number of rotatable bonds is 4. The third kappa shape index (κ3) is 4.18. The van der Waals surface area contributed by atoms with Gasteiger partial charge in [-0.25, -0.2) is 0 Å². The number of hydrogen-bond acceptors (Lipinski definition) is 5. The molecule has 1 atom stereocenters. The molecule has 0 aliphatic carbocycles. The second-order valence-electron chi connectivity index (χ2n) is 7.68. The minimum atomic E-state index is -0.632. The highest BCUT2D eigenvalue weighted by Gasteiger charge is 2.37. The molecule has 31 heavy (non-hydrogen) atoms. The van der Waals surface area contributed by atoms with Gasteiger partial charge in [0.05, 0.1) is 11.6 Å². The second-order valence-corrected chi connectivity index (χ2v) is 8.09. The van der Waals surface area contributed by atoms with E-state index in [0.29, 0.717) is 35.7 Å². The summed E-state index contributed by atoms with van der Waals surface area (Å²) in [6.07, 6.45) is 1.19. The number of ether oxygens (including phenoxy) is 1. The Kier molecular flexibility index (Phi) is 5.78. The SMILES string of the molecule is Cc1c(Cl)cccc1N1C[C@@H](C(=O)Oc2cccc(N3C(=O)CCCC3=O)c2)CC1=O. The number of carbonyl (C=O) groups excluding carboxylic acids is 4. The first-order valence-electron chi connectivity index (χ1n) is 10.1. The number of benzene rings is 2. The van der Waals surface area contributed by atoms with Crippen LogP contribution in [0.2, 0.25) is 5.02 Å². The van der Waals surface area contributed by atoms with Crippen LogP contribution in [0.15, 0.2) is 42.5 Å². The fourth-order valence-corrected chi connectivity index (χ4v) is 4.08. The molecule has 8 heteroatoms. The van der Waals surface area contributed by atoms with Crippen molar-refractivity contribution in [2.24, 2.45) is 5.92 Å². The van der Waals surface area contributed by atoms with Crippen LogP contribution in [0.1, 0.15) is 31.2 Å². The van der Waals surface area contributed by atoms with Gasteiger partial charge in [0.2, 0.25) is 17.7 Å². The smallest absolute Gasteiger partial charge is 0.316 e. The standard InChI is InChI=1S/C23H21ClN2O5/c1-14-18(24)7-3-8-19(14)25-13-15(11-22(25)29)23(30)31-17-6-2-5-16(12-17)26-20(27)9-4-10-21(26)28/h2-3,5-8,12,15H,4,9-11,13H2,1H3/t15-/m0/s1. The van der Waals surface area contributed by atoms with Crippen LogP contribution in [0.3, 0.4) is 0 Å². The maximum Gasteiger partial charge on any atom is 0.316 e. The molecule has 3 amide bonds. The van der Waals surface area contributed by atoms with Crippen molar-refractivity contribution in [2.75, 3.05) is 16.3 Å². The Morgan fingerprint density at radius 1 is 1.03 bits per heavy atom. The molecule has 2 fully saturated rings. The molecule has 2 aliphatic rings. The number of nitrogens with zero attached hydrogens (tertiary/aromatic N) is 2. The Balaban J connectivity index is 1.48. The summed E-state index contributed by atoms with van der Waals surface area (Å²) in [7, 11) is 0. The van der Waals surface area contributed by atoms with E-state index in [2.05, 4.69) is 0 Å². The van der Waals surface area contributed by atoms with Gasteiger partial charge in [0, 0.05) is 42.6 Å². The van der Waals surface area contributed by atoms with Crippen LogP contribution in [0, 0.1) is 12.8 Å². The molecule has 0 unspecified atom stereocenters. The number of hydrogen-bond donors (Lipinski definition) is 0. The summed E-state index contributed by atoms with van der Waals surface area (Å²) in [5, 5.41) is 0.551. The molecular weight excluding hydrogens is 420 g/mol. The van der Waals surface area contributed by atoms with Gasteiger partial charge < -0.3 is 9.64 Å². The largest absolute Gasteiger partial charge is 0.426 e. The lowest BCUT2D eigenvalue weighted by Gasteiger charge is -2.25. The van der Waals surface area contributed by atoms with Crippen LogP contribution < -0.4 is 14.5 Å². The first-order valence-corrected chi connectivity index (χ1v) is 10.5. The van der Waals surface area contributed by atoms with Gasteiger partial charge in [-0.1, -0.05) is 23.7 Å². The van der Waals surface area contributed by atoms with Crippen molar-refractivity contribution in [3.63, 3.8) is 0 Å². The first kappa shape index (κ1) is 21.1. The summed E-state index contributed by atoms with van der Waals surface area (Å²) in [6.45, 7) is 2.02. The van der Waals surface area contributed by atoms with Gasteiger partial charge in [-0.15, -0.1) is 0 Å². The van der Waals surface area contributed by atoms with Gasteiger partial charge in [0.1, 0.15) is 5.75 Å².